The van der Waals surface area contributed by atoms with Crippen LogP contribution in [0.25, 0.3) is 0 Å². The average Bonchev–Trinajstić information content (AvgIpc) is 3.47. The number of nitrogens with zero attached hydrogens (tertiary/aromatic N) is 2. The van der Waals surface area contributed by atoms with Gasteiger partial charge >= 0.3 is 0 Å². The minimum atomic E-state index is -0.146. The molecule has 6 nitrogen and oxygen atoms in total. The zero-order valence-corrected chi connectivity index (χ0v) is 14.1. The fourth-order valence-corrected chi connectivity index (χ4v) is 2.96. The summed E-state index contributed by atoms with van der Waals surface area (Å²) in [6.45, 7) is 3.08. The molecule has 1 amide bonds. The molecule has 1 aliphatic carbocycles. The van der Waals surface area contributed by atoms with Crippen molar-refractivity contribution in [2.45, 2.75) is 18.9 Å². The number of aromatic nitrogens is 1. The molecule has 2 aromatic rings. The summed E-state index contributed by atoms with van der Waals surface area (Å²) in [6.07, 6.45) is 5.73. The lowest BCUT2D eigenvalue weighted by atomic mass is 10.2. The van der Waals surface area contributed by atoms with Gasteiger partial charge in [-0.2, -0.15) is 0 Å². The van der Waals surface area contributed by atoms with E-state index in [0.717, 1.165) is 30.2 Å². The summed E-state index contributed by atoms with van der Waals surface area (Å²) >= 11 is 0. The van der Waals surface area contributed by atoms with E-state index in [0.29, 0.717) is 24.8 Å². The van der Waals surface area contributed by atoms with Crippen LogP contribution in [-0.4, -0.2) is 43.2 Å². The highest BCUT2D eigenvalue weighted by Gasteiger charge is 2.21. The molecule has 0 spiro atoms. The Bertz CT molecular complexity index is 755. The van der Waals surface area contributed by atoms with E-state index in [1.54, 1.807) is 12.4 Å². The summed E-state index contributed by atoms with van der Waals surface area (Å²) in [7, 11) is 0. The summed E-state index contributed by atoms with van der Waals surface area (Å²) in [5.74, 6) is -0.146. The third-order valence-electron chi connectivity index (χ3n) is 4.45. The molecule has 25 heavy (non-hydrogen) atoms. The summed E-state index contributed by atoms with van der Waals surface area (Å²) in [4.78, 5) is 19.1. The molecule has 4 rings (SSSR count). The van der Waals surface area contributed by atoms with Crippen LogP contribution >= 0.6 is 0 Å². The molecule has 0 bridgehead atoms. The van der Waals surface area contributed by atoms with Crippen molar-refractivity contribution in [2.24, 2.45) is 0 Å². The van der Waals surface area contributed by atoms with E-state index in [-0.39, 0.29) is 5.91 Å². The first-order valence-corrected chi connectivity index (χ1v) is 8.74. The lowest BCUT2D eigenvalue weighted by Crippen LogP contribution is -2.36. The normalized spacial score (nSPS) is 17.2. The Labute approximate surface area is 147 Å². The topological polar surface area (TPSA) is 66.5 Å². The third-order valence-corrected chi connectivity index (χ3v) is 4.45. The monoisotopic (exact) mass is 338 g/mol. The minimum absolute atomic E-state index is 0.146. The molecule has 1 saturated heterocycles. The Morgan fingerprint density at radius 3 is 2.76 bits per heavy atom. The van der Waals surface area contributed by atoms with Crippen LogP contribution in [0.2, 0.25) is 0 Å². The molecule has 130 valence electrons. The van der Waals surface area contributed by atoms with Crippen LogP contribution in [0.3, 0.4) is 0 Å². The van der Waals surface area contributed by atoms with Gasteiger partial charge < -0.3 is 20.3 Å². The molecule has 1 aromatic heterocycles. The van der Waals surface area contributed by atoms with Crippen molar-refractivity contribution in [3.8, 4) is 0 Å². The number of hydrogen-bond acceptors (Lipinski definition) is 5. The van der Waals surface area contributed by atoms with Gasteiger partial charge in [-0.05, 0) is 31.0 Å². The highest BCUT2D eigenvalue weighted by molar-refractivity contribution is 6.06. The van der Waals surface area contributed by atoms with Gasteiger partial charge in [-0.1, -0.05) is 12.1 Å². The Kier molecular flexibility index (Phi) is 4.52. The Morgan fingerprint density at radius 1 is 1.16 bits per heavy atom. The molecular weight excluding hydrogens is 316 g/mol. The van der Waals surface area contributed by atoms with Crippen LogP contribution < -0.4 is 15.5 Å². The lowest BCUT2D eigenvalue weighted by Gasteiger charge is -2.30. The number of carbonyl (C=O) groups is 1. The number of morpholine rings is 1. The summed E-state index contributed by atoms with van der Waals surface area (Å²) < 4.78 is 5.42. The van der Waals surface area contributed by atoms with Crippen LogP contribution in [0.15, 0.2) is 42.7 Å². The second kappa shape index (κ2) is 7.11. The zero-order chi connectivity index (χ0) is 17.1. The number of pyridine rings is 1. The van der Waals surface area contributed by atoms with Crippen LogP contribution in [-0.2, 0) is 4.74 Å². The van der Waals surface area contributed by atoms with E-state index in [1.807, 2.05) is 30.3 Å². The van der Waals surface area contributed by atoms with E-state index in [9.17, 15) is 4.79 Å². The Balaban J connectivity index is 1.50. The number of nitrogens with one attached hydrogen (secondary N) is 2. The molecule has 2 N–H and O–H groups in total. The van der Waals surface area contributed by atoms with Gasteiger partial charge in [0.15, 0.2) is 0 Å². The second-order valence-electron chi connectivity index (χ2n) is 6.45. The van der Waals surface area contributed by atoms with Crippen molar-refractivity contribution in [3.05, 3.63) is 48.3 Å². The predicted molar refractivity (Wildman–Crippen MR) is 98.3 cm³/mol. The average molecular weight is 338 g/mol. The van der Waals surface area contributed by atoms with Crippen molar-refractivity contribution in [1.82, 2.24) is 4.98 Å². The van der Waals surface area contributed by atoms with Gasteiger partial charge in [0.2, 0.25) is 0 Å². The molecule has 2 aliphatic rings. The van der Waals surface area contributed by atoms with Crippen molar-refractivity contribution in [3.63, 3.8) is 0 Å². The fraction of sp³-hybridized carbons (Fsp3) is 0.368. The number of benzene rings is 1. The number of hydrogen-bond donors (Lipinski definition) is 2. The van der Waals surface area contributed by atoms with Crippen LogP contribution in [0, 0.1) is 0 Å². The first-order chi connectivity index (χ1) is 12.3. The number of rotatable bonds is 5. The lowest BCUT2D eigenvalue weighted by molar-refractivity contribution is 0.102. The van der Waals surface area contributed by atoms with E-state index in [1.165, 1.54) is 12.8 Å². The van der Waals surface area contributed by atoms with E-state index in [4.69, 9.17) is 4.74 Å². The maximum absolute atomic E-state index is 12.7. The predicted octanol–water partition coefficient (Wildman–Crippen LogP) is 2.74. The minimum Gasteiger partial charge on any atom is -0.381 e. The molecule has 1 saturated carbocycles. The van der Waals surface area contributed by atoms with Crippen LogP contribution in [0.4, 0.5) is 17.1 Å². The number of anilines is 3. The van der Waals surface area contributed by atoms with Gasteiger partial charge in [0.05, 0.1) is 35.8 Å². The molecule has 0 radical (unpaired) electrons. The molecule has 2 fully saturated rings. The van der Waals surface area contributed by atoms with Gasteiger partial charge in [-0.25, -0.2) is 0 Å². The van der Waals surface area contributed by atoms with Crippen LogP contribution in [0.5, 0.6) is 0 Å². The Morgan fingerprint density at radius 2 is 1.96 bits per heavy atom. The fourth-order valence-electron chi connectivity index (χ4n) is 2.96. The third kappa shape index (κ3) is 3.91. The molecular formula is C19H22N4O2. The maximum Gasteiger partial charge on any atom is 0.257 e. The molecule has 2 heterocycles. The highest BCUT2D eigenvalue weighted by Crippen LogP contribution is 2.27. The van der Waals surface area contributed by atoms with Gasteiger partial charge in [-0.3, -0.25) is 9.78 Å². The summed E-state index contributed by atoms with van der Waals surface area (Å²) in [5, 5.41) is 6.40. The van der Waals surface area contributed by atoms with Gasteiger partial charge in [-0.15, -0.1) is 0 Å². The van der Waals surface area contributed by atoms with Crippen molar-refractivity contribution in [1.29, 1.82) is 0 Å². The van der Waals surface area contributed by atoms with E-state index < -0.39 is 0 Å². The maximum atomic E-state index is 12.7. The number of carbonyl (C=O) groups excluding carboxylic acids is 1. The number of ether oxygens (including phenoxy) is 1. The zero-order valence-electron chi connectivity index (χ0n) is 14.1. The number of amides is 1. The Hall–Kier alpha value is -2.60. The van der Waals surface area contributed by atoms with Gasteiger partial charge in [0.25, 0.3) is 5.91 Å². The largest absolute Gasteiger partial charge is 0.381 e. The van der Waals surface area contributed by atoms with Gasteiger partial charge in [0, 0.05) is 31.5 Å². The van der Waals surface area contributed by atoms with Crippen molar-refractivity contribution >= 4 is 23.0 Å². The van der Waals surface area contributed by atoms with Crippen molar-refractivity contribution < 1.29 is 9.53 Å². The highest BCUT2D eigenvalue weighted by atomic mass is 16.5. The number of para-hydroxylation sites is 2. The SMILES string of the molecule is O=C(Nc1ccccc1N1CCOCC1)c1cncc(NC2CC2)c1. The van der Waals surface area contributed by atoms with E-state index in [2.05, 4.69) is 20.5 Å². The molecule has 0 atom stereocenters. The van der Waals surface area contributed by atoms with E-state index >= 15 is 0 Å². The van der Waals surface area contributed by atoms with Crippen LogP contribution in [0.1, 0.15) is 23.2 Å². The first kappa shape index (κ1) is 15.9. The molecule has 6 heteroatoms. The molecule has 1 aromatic carbocycles. The van der Waals surface area contributed by atoms with Crippen molar-refractivity contribution in [2.75, 3.05) is 41.8 Å². The standard InChI is InChI=1S/C19H22N4O2/c24-19(14-11-16(13-20-12-14)21-15-5-6-15)22-17-3-1-2-4-18(17)23-7-9-25-10-8-23/h1-4,11-13,15,21H,5-10H2,(H,22,24). The molecule has 1 aliphatic heterocycles. The first-order valence-electron chi connectivity index (χ1n) is 8.74. The second-order valence-corrected chi connectivity index (χ2v) is 6.45. The van der Waals surface area contributed by atoms with Gasteiger partial charge in [0.1, 0.15) is 0 Å². The summed E-state index contributed by atoms with van der Waals surface area (Å²) in [6, 6.07) is 10.3. The quantitative estimate of drug-likeness (QED) is 0.877. The smallest absolute Gasteiger partial charge is 0.257 e. The molecule has 0 unspecified atom stereocenters. The summed E-state index contributed by atoms with van der Waals surface area (Å²) in [5.41, 5.74) is 3.30.